The van der Waals surface area contributed by atoms with E-state index >= 15 is 0 Å². The number of carbonyl (C=O) groups is 1. The van der Waals surface area contributed by atoms with Gasteiger partial charge in [0.25, 0.3) is 5.91 Å². The molecule has 0 saturated heterocycles. The predicted molar refractivity (Wildman–Crippen MR) is 68.0 cm³/mol. The molecule has 0 heterocycles. The third-order valence-corrected chi connectivity index (χ3v) is 2.44. The van der Waals surface area contributed by atoms with Crippen LogP contribution in [0.2, 0.25) is 0 Å². The molecule has 0 aliphatic heterocycles. The van der Waals surface area contributed by atoms with Gasteiger partial charge in [0.2, 0.25) is 0 Å². The van der Waals surface area contributed by atoms with Gasteiger partial charge < -0.3 is 10.6 Å². The van der Waals surface area contributed by atoms with Gasteiger partial charge in [0, 0.05) is 13.1 Å². The van der Waals surface area contributed by atoms with Crippen LogP contribution >= 0.6 is 0 Å². The highest BCUT2D eigenvalue weighted by molar-refractivity contribution is 6.00. The molecule has 0 aromatic heterocycles. The average Bonchev–Trinajstić information content (AvgIpc) is 2.27. The third-order valence-electron chi connectivity index (χ3n) is 2.44. The maximum Gasteiger partial charge on any atom is 0.253 e. The smallest absolute Gasteiger partial charge is 0.253 e. The normalized spacial score (nSPS) is 10.3. The van der Waals surface area contributed by atoms with E-state index in [9.17, 15) is 4.79 Å². The van der Waals surface area contributed by atoms with Gasteiger partial charge in [-0.3, -0.25) is 4.79 Å². The van der Waals surface area contributed by atoms with Crippen LogP contribution in [0, 0.1) is 0 Å². The molecule has 3 nitrogen and oxygen atoms in total. The zero-order chi connectivity index (χ0) is 12.1. The number of para-hydroxylation sites is 1. The molecule has 0 unspecified atom stereocenters. The van der Waals surface area contributed by atoms with Crippen LogP contribution in [-0.2, 0) is 6.42 Å². The van der Waals surface area contributed by atoms with Crippen LogP contribution in [0.1, 0.15) is 36.7 Å². The van der Waals surface area contributed by atoms with Gasteiger partial charge in [-0.05, 0) is 31.9 Å². The molecule has 1 amide bonds. The van der Waals surface area contributed by atoms with Crippen molar-refractivity contribution in [1.82, 2.24) is 5.32 Å². The van der Waals surface area contributed by atoms with Crippen molar-refractivity contribution in [2.24, 2.45) is 0 Å². The van der Waals surface area contributed by atoms with Crippen LogP contribution in [0.25, 0.3) is 0 Å². The maximum atomic E-state index is 11.7. The lowest BCUT2D eigenvalue weighted by Crippen LogP contribution is -2.22. The van der Waals surface area contributed by atoms with Crippen molar-refractivity contribution in [3.63, 3.8) is 0 Å². The minimum atomic E-state index is -0.0431. The molecular formula is C13H20N2O. The van der Waals surface area contributed by atoms with Crippen LogP contribution in [0.4, 0.5) is 5.69 Å². The fraction of sp³-hybridized carbons (Fsp3) is 0.462. The van der Waals surface area contributed by atoms with Crippen molar-refractivity contribution in [2.75, 3.05) is 12.4 Å². The topological polar surface area (TPSA) is 41.1 Å². The van der Waals surface area contributed by atoms with E-state index in [-0.39, 0.29) is 5.91 Å². The van der Waals surface area contributed by atoms with Crippen molar-refractivity contribution in [2.45, 2.75) is 33.2 Å². The van der Waals surface area contributed by atoms with Gasteiger partial charge >= 0.3 is 0 Å². The second kappa shape index (κ2) is 5.54. The summed E-state index contributed by atoms with van der Waals surface area (Å²) in [7, 11) is 1.65. The van der Waals surface area contributed by atoms with Gasteiger partial charge in [0.1, 0.15) is 0 Å². The lowest BCUT2D eigenvalue weighted by Gasteiger charge is -2.17. The van der Waals surface area contributed by atoms with Gasteiger partial charge in [-0.2, -0.15) is 0 Å². The van der Waals surface area contributed by atoms with E-state index in [1.54, 1.807) is 7.05 Å². The van der Waals surface area contributed by atoms with Crippen molar-refractivity contribution in [3.8, 4) is 0 Å². The van der Waals surface area contributed by atoms with Gasteiger partial charge in [-0.15, -0.1) is 0 Å². The minimum Gasteiger partial charge on any atom is -0.382 e. The minimum absolute atomic E-state index is 0.0431. The monoisotopic (exact) mass is 220 g/mol. The van der Waals surface area contributed by atoms with E-state index in [4.69, 9.17) is 0 Å². The lowest BCUT2D eigenvalue weighted by atomic mass is 10.0. The van der Waals surface area contributed by atoms with Gasteiger partial charge in [-0.25, -0.2) is 0 Å². The Morgan fingerprint density at radius 1 is 1.38 bits per heavy atom. The largest absolute Gasteiger partial charge is 0.382 e. The number of nitrogens with one attached hydrogen (secondary N) is 2. The Balaban J connectivity index is 3.20. The molecule has 1 aromatic rings. The first-order valence-electron chi connectivity index (χ1n) is 5.70. The number of amides is 1. The number of anilines is 1. The summed E-state index contributed by atoms with van der Waals surface area (Å²) in [5, 5.41) is 6.01. The lowest BCUT2D eigenvalue weighted by molar-refractivity contribution is 0.0964. The van der Waals surface area contributed by atoms with Crippen molar-refractivity contribution in [1.29, 1.82) is 0 Å². The first-order chi connectivity index (χ1) is 7.60. The van der Waals surface area contributed by atoms with Gasteiger partial charge in [0.15, 0.2) is 0 Å². The number of carbonyl (C=O) groups excluding carboxylic acids is 1. The second-order valence-electron chi connectivity index (χ2n) is 4.07. The quantitative estimate of drug-likeness (QED) is 0.818. The van der Waals surface area contributed by atoms with Gasteiger partial charge in [-0.1, -0.05) is 19.1 Å². The van der Waals surface area contributed by atoms with E-state index in [1.165, 1.54) is 5.56 Å². The highest BCUT2D eigenvalue weighted by Crippen LogP contribution is 2.22. The van der Waals surface area contributed by atoms with E-state index in [1.807, 2.05) is 12.1 Å². The number of hydrogen-bond acceptors (Lipinski definition) is 2. The highest BCUT2D eigenvalue weighted by Gasteiger charge is 2.13. The Morgan fingerprint density at radius 3 is 2.56 bits per heavy atom. The van der Waals surface area contributed by atoms with Crippen molar-refractivity contribution >= 4 is 11.6 Å². The SMILES string of the molecule is CCc1cccc(C(=O)NC)c1NC(C)C. The van der Waals surface area contributed by atoms with Crippen molar-refractivity contribution in [3.05, 3.63) is 29.3 Å². The summed E-state index contributed by atoms with van der Waals surface area (Å²) in [6.45, 7) is 6.23. The molecule has 0 spiro atoms. The molecule has 0 aliphatic carbocycles. The van der Waals surface area contributed by atoms with E-state index in [0.717, 1.165) is 17.7 Å². The fourth-order valence-corrected chi connectivity index (χ4v) is 1.68. The summed E-state index contributed by atoms with van der Waals surface area (Å²) in [5.74, 6) is -0.0431. The Kier molecular flexibility index (Phi) is 4.35. The Labute approximate surface area is 97.2 Å². The molecular weight excluding hydrogens is 200 g/mol. The molecule has 1 rings (SSSR count). The van der Waals surface area contributed by atoms with Crippen LogP contribution in [0.3, 0.4) is 0 Å². The molecule has 0 bridgehead atoms. The van der Waals surface area contributed by atoms with E-state index in [2.05, 4.69) is 37.5 Å². The number of aryl methyl sites for hydroxylation is 1. The van der Waals surface area contributed by atoms with Crippen LogP contribution < -0.4 is 10.6 Å². The average molecular weight is 220 g/mol. The van der Waals surface area contributed by atoms with Crippen molar-refractivity contribution < 1.29 is 4.79 Å². The Morgan fingerprint density at radius 2 is 2.06 bits per heavy atom. The fourth-order valence-electron chi connectivity index (χ4n) is 1.68. The zero-order valence-corrected chi connectivity index (χ0v) is 10.4. The molecule has 0 atom stereocenters. The standard InChI is InChI=1S/C13H20N2O/c1-5-10-7-6-8-11(13(16)14-4)12(10)15-9(2)3/h6-9,15H,5H2,1-4H3,(H,14,16). The molecule has 0 fully saturated rings. The van der Waals surface area contributed by atoms with E-state index in [0.29, 0.717) is 6.04 Å². The summed E-state index contributed by atoms with van der Waals surface area (Å²) < 4.78 is 0. The summed E-state index contributed by atoms with van der Waals surface area (Å²) >= 11 is 0. The third kappa shape index (κ3) is 2.75. The molecule has 1 aromatic carbocycles. The molecule has 3 heteroatoms. The van der Waals surface area contributed by atoms with Crippen LogP contribution in [-0.4, -0.2) is 19.0 Å². The molecule has 88 valence electrons. The summed E-state index contributed by atoms with van der Waals surface area (Å²) in [4.78, 5) is 11.7. The summed E-state index contributed by atoms with van der Waals surface area (Å²) in [6, 6.07) is 6.14. The summed E-state index contributed by atoms with van der Waals surface area (Å²) in [5.41, 5.74) is 2.85. The number of hydrogen-bond donors (Lipinski definition) is 2. The van der Waals surface area contributed by atoms with E-state index < -0.39 is 0 Å². The summed E-state index contributed by atoms with van der Waals surface area (Å²) in [6.07, 6.45) is 0.917. The number of rotatable bonds is 4. The number of benzene rings is 1. The van der Waals surface area contributed by atoms with Crippen LogP contribution in [0.5, 0.6) is 0 Å². The Bertz CT molecular complexity index is 372. The molecule has 0 aliphatic rings. The molecule has 0 saturated carbocycles. The first kappa shape index (κ1) is 12.6. The molecule has 2 N–H and O–H groups in total. The Hall–Kier alpha value is -1.51. The first-order valence-corrected chi connectivity index (χ1v) is 5.70. The molecule has 16 heavy (non-hydrogen) atoms. The predicted octanol–water partition coefficient (Wildman–Crippen LogP) is 2.43. The molecule has 0 radical (unpaired) electrons. The van der Waals surface area contributed by atoms with Gasteiger partial charge in [0.05, 0.1) is 11.3 Å². The zero-order valence-electron chi connectivity index (χ0n) is 10.4. The maximum absolute atomic E-state index is 11.7. The second-order valence-corrected chi connectivity index (χ2v) is 4.07. The highest BCUT2D eigenvalue weighted by atomic mass is 16.1. The van der Waals surface area contributed by atoms with Crippen LogP contribution in [0.15, 0.2) is 18.2 Å².